The normalized spacial score (nSPS) is 26.6. The summed E-state index contributed by atoms with van der Waals surface area (Å²) in [5, 5.41) is 6.52. The first kappa shape index (κ1) is 15.7. The van der Waals surface area contributed by atoms with Crippen LogP contribution < -0.4 is 10.6 Å². The first-order valence-corrected chi connectivity index (χ1v) is 7.94. The van der Waals surface area contributed by atoms with Gasteiger partial charge < -0.3 is 15.4 Å². The van der Waals surface area contributed by atoms with Crippen LogP contribution in [0.1, 0.15) is 32.6 Å². The van der Waals surface area contributed by atoms with Crippen LogP contribution in [0.3, 0.4) is 0 Å². The standard InChI is InChI=1S/C15H29N3O2/c1-3-18-10-4-5-13(18)11-17-14(19)15(12-20-2)6-8-16-9-7-15/h13,16H,3-12H2,1-2H3,(H,17,19). The minimum atomic E-state index is -0.324. The number of ether oxygens (including phenoxy) is 1. The van der Waals surface area contributed by atoms with Crippen molar-refractivity contribution in [3.05, 3.63) is 0 Å². The van der Waals surface area contributed by atoms with Crippen molar-refractivity contribution >= 4 is 5.91 Å². The van der Waals surface area contributed by atoms with Crippen LogP contribution in [0.4, 0.5) is 0 Å². The summed E-state index contributed by atoms with van der Waals surface area (Å²) in [6.07, 6.45) is 4.19. The van der Waals surface area contributed by atoms with Gasteiger partial charge in [0.05, 0.1) is 12.0 Å². The van der Waals surface area contributed by atoms with Crippen LogP contribution in [0.2, 0.25) is 0 Å². The molecule has 2 N–H and O–H groups in total. The van der Waals surface area contributed by atoms with E-state index in [0.717, 1.165) is 39.0 Å². The third-order valence-corrected chi connectivity index (χ3v) is 4.87. The van der Waals surface area contributed by atoms with Crippen molar-refractivity contribution in [2.24, 2.45) is 5.41 Å². The van der Waals surface area contributed by atoms with Crippen molar-refractivity contribution in [3.63, 3.8) is 0 Å². The summed E-state index contributed by atoms with van der Waals surface area (Å²) in [6, 6.07) is 0.519. The largest absolute Gasteiger partial charge is 0.384 e. The Morgan fingerprint density at radius 1 is 1.45 bits per heavy atom. The Balaban J connectivity index is 1.88. The highest BCUT2D eigenvalue weighted by Crippen LogP contribution is 2.29. The average Bonchev–Trinajstić information content (AvgIpc) is 2.93. The molecule has 2 aliphatic heterocycles. The molecular formula is C15H29N3O2. The molecule has 0 aromatic rings. The van der Waals surface area contributed by atoms with Gasteiger partial charge in [-0.1, -0.05) is 6.92 Å². The third-order valence-electron chi connectivity index (χ3n) is 4.87. The molecule has 0 spiro atoms. The fraction of sp³-hybridized carbons (Fsp3) is 0.933. The van der Waals surface area contributed by atoms with E-state index in [2.05, 4.69) is 22.5 Å². The summed E-state index contributed by atoms with van der Waals surface area (Å²) in [6.45, 7) is 7.56. The molecule has 1 atom stereocenters. The molecule has 5 heteroatoms. The second kappa shape index (κ2) is 7.38. The Morgan fingerprint density at radius 2 is 2.20 bits per heavy atom. The van der Waals surface area contributed by atoms with Gasteiger partial charge >= 0.3 is 0 Å². The molecule has 0 aromatic heterocycles. The molecule has 20 heavy (non-hydrogen) atoms. The number of methoxy groups -OCH3 is 1. The number of nitrogens with one attached hydrogen (secondary N) is 2. The smallest absolute Gasteiger partial charge is 0.228 e. The van der Waals surface area contributed by atoms with Crippen molar-refractivity contribution in [1.82, 2.24) is 15.5 Å². The number of likely N-dealkylation sites (tertiary alicyclic amines) is 1. The van der Waals surface area contributed by atoms with Gasteiger partial charge in [0.15, 0.2) is 0 Å². The third kappa shape index (κ3) is 3.51. The van der Waals surface area contributed by atoms with E-state index >= 15 is 0 Å². The zero-order chi connectivity index (χ0) is 14.4. The first-order chi connectivity index (χ1) is 9.72. The van der Waals surface area contributed by atoms with Crippen molar-refractivity contribution in [2.75, 3.05) is 46.4 Å². The van der Waals surface area contributed by atoms with E-state index in [9.17, 15) is 4.79 Å². The molecule has 1 amide bonds. The summed E-state index contributed by atoms with van der Waals surface area (Å²) in [5.41, 5.74) is -0.324. The fourth-order valence-corrected chi connectivity index (χ4v) is 3.56. The maximum absolute atomic E-state index is 12.6. The zero-order valence-electron chi connectivity index (χ0n) is 12.9. The molecule has 2 aliphatic rings. The quantitative estimate of drug-likeness (QED) is 0.750. The number of carbonyl (C=O) groups is 1. The molecule has 0 bridgehead atoms. The molecule has 1 unspecified atom stereocenters. The molecule has 0 aliphatic carbocycles. The Morgan fingerprint density at radius 3 is 2.85 bits per heavy atom. The lowest BCUT2D eigenvalue weighted by Gasteiger charge is -2.36. The molecule has 2 rings (SSSR count). The van der Waals surface area contributed by atoms with Crippen molar-refractivity contribution in [3.8, 4) is 0 Å². The van der Waals surface area contributed by atoms with Crippen LogP contribution in [0.5, 0.6) is 0 Å². The van der Waals surface area contributed by atoms with Gasteiger partial charge in [0.2, 0.25) is 5.91 Å². The lowest BCUT2D eigenvalue weighted by molar-refractivity contribution is -0.136. The molecule has 2 fully saturated rings. The number of hydrogen-bond acceptors (Lipinski definition) is 4. The number of hydrogen-bond donors (Lipinski definition) is 2. The number of nitrogens with zero attached hydrogens (tertiary/aromatic N) is 1. The highest BCUT2D eigenvalue weighted by Gasteiger charge is 2.40. The molecule has 5 nitrogen and oxygen atoms in total. The molecule has 0 saturated carbocycles. The van der Waals surface area contributed by atoms with E-state index < -0.39 is 0 Å². The van der Waals surface area contributed by atoms with Gasteiger partial charge in [-0.05, 0) is 51.9 Å². The van der Waals surface area contributed by atoms with E-state index in [-0.39, 0.29) is 11.3 Å². The number of rotatable bonds is 6. The average molecular weight is 283 g/mol. The van der Waals surface area contributed by atoms with Crippen molar-refractivity contribution in [2.45, 2.75) is 38.6 Å². The number of piperidine rings is 1. The lowest BCUT2D eigenvalue weighted by atomic mass is 9.78. The molecule has 2 heterocycles. The van der Waals surface area contributed by atoms with Crippen LogP contribution in [0, 0.1) is 5.41 Å². The van der Waals surface area contributed by atoms with Gasteiger partial charge in [-0.25, -0.2) is 0 Å². The molecule has 0 aromatic carbocycles. The second-order valence-corrected chi connectivity index (χ2v) is 6.10. The van der Waals surface area contributed by atoms with Gasteiger partial charge in [-0.3, -0.25) is 9.69 Å². The highest BCUT2D eigenvalue weighted by atomic mass is 16.5. The number of amides is 1. The molecule has 2 saturated heterocycles. The van der Waals surface area contributed by atoms with E-state index in [1.54, 1.807) is 7.11 Å². The Bertz CT molecular complexity index is 311. The monoisotopic (exact) mass is 283 g/mol. The predicted molar refractivity (Wildman–Crippen MR) is 79.7 cm³/mol. The van der Waals surface area contributed by atoms with Crippen LogP contribution in [-0.4, -0.2) is 63.3 Å². The summed E-state index contributed by atoms with van der Waals surface area (Å²) < 4.78 is 5.32. The maximum Gasteiger partial charge on any atom is 0.228 e. The van der Waals surface area contributed by atoms with E-state index in [0.29, 0.717) is 12.6 Å². The maximum atomic E-state index is 12.6. The summed E-state index contributed by atoms with van der Waals surface area (Å²) in [7, 11) is 1.69. The van der Waals surface area contributed by atoms with Gasteiger partial charge in [-0.15, -0.1) is 0 Å². The van der Waals surface area contributed by atoms with Crippen LogP contribution in [-0.2, 0) is 9.53 Å². The molecule has 116 valence electrons. The predicted octanol–water partition coefficient (Wildman–Crippen LogP) is 0.603. The van der Waals surface area contributed by atoms with Gasteiger partial charge in [0.1, 0.15) is 0 Å². The Kier molecular flexibility index (Phi) is 5.81. The minimum Gasteiger partial charge on any atom is -0.384 e. The Labute approximate surface area is 122 Å². The summed E-state index contributed by atoms with van der Waals surface area (Å²) >= 11 is 0. The SMILES string of the molecule is CCN1CCCC1CNC(=O)C1(COC)CCNCC1. The van der Waals surface area contributed by atoms with Crippen LogP contribution in [0.15, 0.2) is 0 Å². The van der Waals surface area contributed by atoms with E-state index in [1.165, 1.54) is 19.4 Å². The summed E-state index contributed by atoms with van der Waals surface area (Å²) in [4.78, 5) is 15.1. The minimum absolute atomic E-state index is 0.184. The van der Waals surface area contributed by atoms with E-state index in [1.807, 2.05) is 0 Å². The van der Waals surface area contributed by atoms with Gasteiger partial charge in [-0.2, -0.15) is 0 Å². The summed E-state index contributed by atoms with van der Waals surface area (Å²) in [5.74, 6) is 0.184. The lowest BCUT2D eigenvalue weighted by Crippen LogP contribution is -2.52. The van der Waals surface area contributed by atoms with Gasteiger partial charge in [0, 0.05) is 19.7 Å². The first-order valence-electron chi connectivity index (χ1n) is 7.94. The fourth-order valence-electron chi connectivity index (χ4n) is 3.56. The number of carbonyl (C=O) groups excluding carboxylic acids is 1. The Hall–Kier alpha value is -0.650. The van der Waals surface area contributed by atoms with Crippen molar-refractivity contribution in [1.29, 1.82) is 0 Å². The van der Waals surface area contributed by atoms with E-state index in [4.69, 9.17) is 4.74 Å². The topological polar surface area (TPSA) is 53.6 Å². The highest BCUT2D eigenvalue weighted by molar-refractivity contribution is 5.83. The second-order valence-electron chi connectivity index (χ2n) is 6.10. The van der Waals surface area contributed by atoms with Gasteiger partial charge in [0.25, 0.3) is 0 Å². The molecular weight excluding hydrogens is 254 g/mol. The van der Waals surface area contributed by atoms with Crippen molar-refractivity contribution < 1.29 is 9.53 Å². The van der Waals surface area contributed by atoms with Crippen LogP contribution in [0.25, 0.3) is 0 Å². The van der Waals surface area contributed by atoms with Crippen LogP contribution >= 0.6 is 0 Å². The molecule has 0 radical (unpaired) electrons. The zero-order valence-corrected chi connectivity index (χ0v) is 12.9. The number of likely N-dealkylation sites (N-methyl/N-ethyl adjacent to an activating group) is 1.